The number of hydrogen-bond acceptors (Lipinski definition) is 6. The maximum atomic E-state index is 12.3. The molecule has 0 aliphatic carbocycles. The molecular weight excluding hydrogens is 320 g/mol. The number of hydrogen-bond donors (Lipinski definition) is 0. The largest absolute Gasteiger partial charge is 0.496 e. The molecule has 118 valence electrons. The van der Waals surface area contributed by atoms with E-state index < -0.39 is 20.6 Å². The topological polar surface area (TPSA) is 78.9 Å². The first-order valence-electron chi connectivity index (χ1n) is 5.94. The van der Waals surface area contributed by atoms with E-state index >= 15 is 0 Å². The van der Waals surface area contributed by atoms with Crippen molar-refractivity contribution >= 4 is 25.7 Å². The molecule has 1 aromatic carbocycles. The van der Waals surface area contributed by atoms with Crippen molar-refractivity contribution in [3.8, 4) is 11.5 Å². The van der Waals surface area contributed by atoms with Gasteiger partial charge in [-0.15, -0.1) is 0 Å². The first-order valence-corrected chi connectivity index (χ1v) is 8.25. The van der Waals surface area contributed by atoms with E-state index in [0.717, 1.165) is 0 Å². The van der Waals surface area contributed by atoms with Gasteiger partial charge >= 0.3 is 5.97 Å². The molecule has 6 nitrogen and oxygen atoms in total. The number of esters is 1. The molecule has 0 atom stereocenters. The van der Waals surface area contributed by atoms with Gasteiger partial charge in [0.2, 0.25) is 0 Å². The Morgan fingerprint density at radius 2 is 1.71 bits per heavy atom. The molecular formula is C13H17ClO6S. The molecule has 21 heavy (non-hydrogen) atoms. The monoisotopic (exact) mass is 336 g/mol. The molecule has 1 aromatic rings. The Balaban J connectivity index is 3.57. The van der Waals surface area contributed by atoms with Crippen LogP contribution in [-0.4, -0.2) is 34.2 Å². The van der Waals surface area contributed by atoms with Crippen LogP contribution < -0.4 is 9.47 Å². The summed E-state index contributed by atoms with van der Waals surface area (Å²) in [4.78, 5) is 12.0. The van der Waals surface area contributed by atoms with Crippen LogP contribution in [0.5, 0.6) is 11.5 Å². The summed E-state index contributed by atoms with van der Waals surface area (Å²) in [5, 5.41) is 0. The minimum Gasteiger partial charge on any atom is -0.496 e. The highest BCUT2D eigenvalue weighted by Gasteiger charge is 2.30. The van der Waals surface area contributed by atoms with Gasteiger partial charge in [0, 0.05) is 10.7 Å². The van der Waals surface area contributed by atoms with Crippen LogP contribution in [-0.2, 0) is 13.8 Å². The standard InChI is InChI=1S/C13H17ClO6S/c1-13(2,3)20-12(15)10-8(18-4)6-7-9(11(10)19-5)21(14,16)17/h6-7H,1-5H3. The van der Waals surface area contributed by atoms with Crippen molar-refractivity contribution in [1.82, 2.24) is 0 Å². The Hall–Kier alpha value is -1.47. The first-order chi connectivity index (χ1) is 9.51. The van der Waals surface area contributed by atoms with Crippen molar-refractivity contribution in [2.24, 2.45) is 0 Å². The number of benzene rings is 1. The van der Waals surface area contributed by atoms with Crippen LogP contribution in [0.1, 0.15) is 31.1 Å². The van der Waals surface area contributed by atoms with Crippen LogP contribution in [0.2, 0.25) is 0 Å². The van der Waals surface area contributed by atoms with Gasteiger partial charge in [-0.3, -0.25) is 0 Å². The number of ether oxygens (including phenoxy) is 3. The van der Waals surface area contributed by atoms with E-state index in [-0.39, 0.29) is 22.0 Å². The van der Waals surface area contributed by atoms with E-state index in [2.05, 4.69) is 0 Å². The molecule has 0 saturated heterocycles. The average molecular weight is 337 g/mol. The predicted octanol–water partition coefficient (Wildman–Crippen LogP) is 2.59. The van der Waals surface area contributed by atoms with E-state index in [0.29, 0.717) is 0 Å². The highest BCUT2D eigenvalue weighted by Crippen LogP contribution is 2.37. The lowest BCUT2D eigenvalue weighted by Crippen LogP contribution is -2.24. The van der Waals surface area contributed by atoms with Crippen molar-refractivity contribution in [2.45, 2.75) is 31.3 Å². The Labute approximate surface area is 128 Å². The molecule has 0 fully saturated rings. The third-order valence-corrected chi connectivity index (χ3v) is 3.72. The van der Waals surface area contributed by atoms with Crippen molar-refractivity contribution < 1.29 is 27.4 Å². The van der Waals surface area contributed by atoms with Crippen LogP contribution in [0.15, 0.2) is 17.0 Å². The highest BCUT2D eigenvalue weighted by atomic mass is 35.7. The fraction of sp³-hybridized carbons (Fsp3) is 0.462. The summed E-state index contributed by atoms with van der Waals surface area (Å²) in [6.07, 6.45) is 0. The predicted molar refractivity (Wildman–Crippen MR) is 77.8 cm³/mol. The van der Waals surface area contributed by atoms with Gasteiger partial charge in [0.1, 0.15) is 21.8 Å². The summed E-state index contributed by atoms with van der Waals surface area (Å²) in [5.41, 5.74) is -0.889. The molecule has 0 N–H and O–H groups in total. The van der Waals surface area contributed by atoms with Crippen LogP contribution in [0.4, 0.5) is 0 Å². The lowest BCUT2D eigenvalue weighted by Gasteiger charge is -2.21. The fourth-order valence-corrected chi connectivity index (χ4v) is 2.63. The zero-order valence-electron chi connectivity index (χ0n) is 12.4. The first kappa shape index (κ1) is 17.6. The Morgan fingerprint density at radius 3 is 2.10 bits per heavy atom. The van der Waals surface area contributed by atoms with E-state index in [1.165, 1.54) is 26.4 Å². The van der Waals surface area contributed by atoms with E-state index in [9.17, 15) is 13.2 Å². The van der Waals surface area contributed by atoms with Gasteiger partial charge in [0.25, 0.3) is 9.05 Å². The van der Waals surface area contributed by atoms with Crippen molar-refractivity contribution in [3.05, 3.63) is 17.7 Å². The summed E-state index contributed by atoms with van der Waals surface area (Å²) in [7, 11) is 3.84. The van der Waals surface area contributed by atoms with Gasteiger partial charge in [-0.1, -0.05) is 0 Å². The molecule has 0 spiro atoms. The maximum absolute atomic E-state index is 12.3. The van der Waals surface area contributed by atoms with Gasteiger partial charge in [-0.2, -0.15) is 0 Å². The van der Waals surface area contributed by atoms with E-state index in [1.54, 1.807) is 20.8 Å². The summed E-state index contributed by atoms with van der Waals surface area (Å²) in [6.45, 7) is 5.06. The number of methoxy groups -OCH3 is 2. The quantitative estimate of drug-likeness (QED) is 0.621. The van der Waals surface area contributed by atoms with Crippen molar-refractivity contribution in [3.63, 3.8) is 0 Å². The summed E-state index contributed by atoms with van der Waals surface area (Å²) in [5.74, 6) is -0.845. The maximum Gasteiger partial charge on any atom is 0.346 e. The fourth-order valence-electron chi connectivity index (χ4n) is 1.63. The van der Waals surface area contributed by atoms with Gasteiger partial charge in [-0.05, 0) is 32.9 Å². The minimum absolute atomic E-state index is 0.128. The molecule has 0 aliphatic heterocycles. The summed E-state index contributed by atoms with van der Waals surface area (Å²) >= 11 is 0. The molecule has 1 rings (SSSR count). The van der Waals surface area contributed by atoms with Crippen LogP contribution in [0.25, 0.3) is 0 Å². The Kier molecular flexibility index (Phi) is 5.11. The van der Waals surface area contributed by atoms with Gasteiger partial charge in [-0.25, -0.2) is 13.2 Å². The molecule has 0 amide bonds. The second-order valence-electron chi connectivity index (χ2n) is 5.11. The third kappa shape index (κ3) is 4.25. The minimum atomic E-state index is -4.09. The Bertz CT molecular complexity index is 645. The van der Waals surface area contributed by atoms with E-state index in [4.69, 9.17) is 24.9 Å². The molecule has 0 aliphatic rings. The zero-order chi connectivity index (χ0) is 16.4. The summed E-state index contributed by atoms with van der Waals surface area (Å²) < 4.78 is 38.5. The molecule has 0 aromatic heterocycles. The third-order valence-electron chi connectivity index (χ3n) is 2.37. The van der Waals surface area contributed by atoms with Gasteiger partial charge < -0.3 is 14.2 Å². The highest BCUT2D eigenvalue weighted by molar-refractivity contribution is 8.13. The summed E-state index contributed by atoms with van der Waals surface area (Å²) in [6, 6.07) is 2.52. The number of halogens is 1. The van der Waals surface area contributed by atoms with Crippen molar-refractivity contribution in [1.29, 1.82) is 0 Å². The van der Waals surface area contributed by atoms with Gasteiger partial charge in [0.15, 0.2) is 5.75 Å². The van der Waals surface area contributed by atoms with Crippen LogP contribution in [0.3, 0.4) is 0 Å². The number of carbonyl (C=O) groups is 1. The van der Waals surface area contributed by atoms with E-state index in [1.807, 2.05) is 0 Å². The second-order valence-corrected chi connectivity index (χ2v) is 7.65. The lowest BCUT2D eigenvalue weighted by atomic mass is 10.1. The zero-order valence-corrected chi connectivity index (χ0v) is 14.0. The smallest absolute Gasteiger partial charge is 0.346 e. The Morgan fingerprint density at radius 1 is 1.14 bits per heavy atom. The normalized spacial score (nSPS) is 11.9. The lowest BCUT2D eigenvalue weighted by molar-refractivity contribution is 0.00629. The molecule has 0 saturated carbocycles. The number of carbonyl (C=O) groups excluding carboxylic acids is 1. The number of rotatable bonds is 4. The molecule has 0 heterocycles. The average Bonchev–Trinajstić information content (AvgIpc) is 2.33. The van der Waals surface area contributed by atoms with Crippen LogP contribution >= 0.6 is 10.7 Å². The van der Waals surface area contributed by atoms with Crippen LogP contribution in [0, 0.1) is 0 Å². The van der Waals surface area contributed by atoms with Gasteiger partial charge in [0.05, 0.1) is 14.2 Å². The molecule has 0 unspecified atom stereocenters. The molecule has 8 heteroatoms. The molecule has 0 bridgehead atoms. The SMILES string of the molecule is COc1ccc(S(=O)(=O)Cl)c(OC)c1C(=O)OC(C)(C)C. The molecule has 0 radical (unpaired) electrons. The van der Waals surface area contributed by atoms with Crippen molar-refractivity contribution in [2.75, 3.05) is 14.2 Å². The second kappa shape index (κ2) is 6.11.